The van der Waals surface area contributed by atoms with Crippen molar-refractivity contribution in [3.8, 4) is 17.2 Å². The van der Waals surface area contributed by atoms with Crippen molar-refractivity contribution < 1.29 is 9.84 Å². The minimum Gasteiger partial charge on any atom is -0.506 e. The van der Waals surface area contributed by atoms with Gasteiger partial charge in [0.2, 0.25) is 0 Å². The first-order chi connectivity index (χ1) is 16.5. The number of ether oxygens (including phenoxy) is 1. The first-order valence-corrected chi connectivity index (χ1v) is 11.5. The standard InChI is InChI=1S/C27H26N4O2S/c1-17-16-21(18(2)30(17)19-11-13-20(33-3)14-12-19)26-25(22-8-6-7-15-28-22)29-27(34)31(26)23-9-4-5-10-24(23)32/h4-16,25-26,32H,1-3H3,(H,29,34)/t25-,26-/m0/s1. The Balaban J connectivity index is 1.67. The van der Waals surface area contributed by atoms with Crippen molar-refractivity contribution in [2.75, 3.05) is 12.0 Å². The molecule has 2 aromatic heterocycles. The monoisotopic (exact) mass is 470 g/mol. The van der Waals surface area contributed by atoms with E-state index in [1.165, 1.54) is 0 Å². The maximum atomic E-state index is 10.7. The molecule has 0 unspecified atom stereocenters. The number of methoxy groups -OCH3 is 1. The van der Waals surface area contributed by atoms with Crippen LogP contribution in [-0.2, 0) is 0 Å². The molecule has 6 nitrogen and oxygen atoms in total. The van der Waals surface area contributed by atoms with E-state index in [1.807, 2.05) is 53.4 Å². The summed E-state index contributed by atoms with van der Waals surface area (Å²) >= 11 is 5.80. The average molecular weight is 471 g/mol. The number of nitrogens with zero attached hydrogens (tertiary/aromatic N) is 3. The third-order valence-corrected chi connectivity index (χ3v) is 6.67. The quantitative estimate of drug-likeness (QED) is 0.382. The molecule has 2 aromatic carbocycles. The lowest BCUT2D eigenvalue weighted by molar-refractivity contribution is 0.414. The number of phenolic OH excluding ortho intramolecular Hbond substituents is 1. The second-order valence-electron chi connectivity index (χ2n) is 8.35. The van der Waals surface area contributed by atoms with Gasteiger partial charge in [-0.25, -0.2) is 0 Å². The third kappa shape index (κ3) is 3.68. The molecule has 0 radical (unpaired) electrons. The van der Waals surface area contributed by atoms with Crippen molar-refractivity contribution in [1.29, 1.82) is 0 Å². The lowest BCUT2D eigenvalue weighted by atomic mass is 9.96. The number of aromatic nitrogens is 2. The Morgan fingerprint density at radius 3 is 2.41 bits per heavy atom. The van der Waals surface area contributed by atoms with E-state index in [0.29, 0.717) is 10.8 Å². The van der Waals surface area contributed by atoms with E-state index < -0.39 is 0 Å². The molecule has 1 aliphatic heterocycles. The van der Waals surface area contributed by atoms with Gasteiger partial charge in [-0.1, -0.05) is 18.2 Å². The second kappa shape index (κ2) is 8.83. The molecular weight excluding hydrogens is 444 g/mol. The van der Waals surface area contributed by atoms with E-state index in [-0.39, 0.29) is 17.8 Å². The van der Waals surface area contributed by atoms with Gasteiger partial charge < -0.3 is 24.6 Å². The number of hydrogen-bond acceptors (Lipinski definition) is 4. The number of rotatable bonds is 5. The molecule has 0 bridgehead atoms. The Morgan fingerprint density at radius 2 is 1.74 bits per heavy atom. The van der Waals surface area contributed by atoms with Gasteiger partial charge in [0.15, 0.2) is 5.11 Å². The summed E-state index contributed by atoms with van der Waals surface area (Å²) in [6.07, 6.45) is 1.79. The van der Waals surface area contributed by atoms with Crippen LogP contribution in [0.25, 0.3) is 5.69 Å². The molecule has 34 heavy (non-hydrogen) atoms. The van der Waals surface area contributed by atoms with Crippen LogP contribution in [0.1, 0.15) is 34.7 Å². The Kier molecular flexibility index (Phi) is 5.71. The van der Waals surface area contributed by atoms with E-state index in [9.17, 15) is 5.11 Å². The molecule has 0 amide bonds. The van der Waals surface area contributed by atoms with Gasteiger partial charge in [0.25, 0.3) is 0 Å². The summed E-state index contributed by atoms with van der Waals surface area (Å²) in [5.74, 6) is 1.00. The largest absolute Gasteiger partial charge is 0.506 e. The number of para-hydroxylation sites is 2. The minimum absolute atomic E-state index is 0.182. The summed E-state index contributed by atoms with van der Waals surface area (Å²) in [5.41, 5.74) is 5.92. The molecule has 1 aliphatic rings. The number of aryl methyl sites for hydroxylation is 1. The summed E-state index contributed by atoms with van der Waals surface area (Å²) < 4.78 is 7.56. The van der Waals surface area contributed by atoms with Crippen molar-refractivity contribution in [1.82, 2.24) is 14.9 Å². The van der Waals surface area contributed by atoms with Crippen LogP contribution in [0.15, 0.2) is 79.0 Å². The summed E-state index contributed by atoms with van der Waals surface area (Å²) in [5, 5.41) is 14.7. The summed E-state index contributed by atoms with van der Waals surface area (Å²) in [7, 11) is 1.67. The zero-order valence-corrected chi connectivity index (χ0v) is 20.1. The molecular formula is C27H26N4O2S. The van der Waals surface area contributed by atoms with E-state index >= 15 is 0 Å². The SMILES string of the molecule is COc1ccc(-n2c(C)cc([C@H]3[C@H](c4ccccn4)NC(=S)N3c3ccccc3O)c2C)cc1. The maximum absolute atomic E-state index is 10.7. The van der Waals surface area contributed by atoms with Gasteiger partial charge in [-0.05, 0) is 86.2 Å². The van der Waals surface area contributed by atoms with Crippen LogP contribution in [-0.4, -0.2) is 26.9 Å². The number of nitrogens with one attached hydrogen (secondary N) is 1. The van der Waals surface area contributed by atoms with Crippen LogP contribution in [0.2, 0.25) is 0 Å². The fourth-order valence-corrected chi connectivity index (χ4v) is 5.15. The number of phenols is 1. The predicted octanol–water partition coefficient (Wildman–Crippen LogP) is 5.38. The van der Waals surface area contributed by atoms with Gasteiger partial charge >= 0.3 is 0 Å². The van der Waals surface area contributed by atoms with Gasteiger partial charge in [-0.3, -0.25) is 4.98 Å². The van der Waals surface area contributed by atoms with Crippen LogP contribution in [0.3, 0.4) is 0 Å². The highest BCUT2D eigenvalue weighted by atomic mass is 32.1. The lowest BCUT2D eigenvalue weighted by Gasteiger charge is -2.28. The molecule has 0 spiro atoms. The zero-order valence-electron chi connectivity index (χ0n) is 19.3. The number of benzene rings is 2. The van der Waals surface area contributed by atoms with Crippen LogP contribution in [0.5, 0.6) is 11.5 Å². The van der Waals surface area contributed by atoms with Crippen molar-refractivity contribution >= 4 is 23.0 Å². The minimum atomic E-state index is -0.200. The highest BCUT2D eigenvalue weighted by Gasteiger charge is 2.43. The van der Waals surface area contributed by atoms with Gasteiger partial charge in [-0.15, -0.1) is 0 Å². The average Bonchev–Trinajstić information content (AvgIpc) is 3.35. The van der Waals surface area contributed by atoms with E-state index in [2.05, 4.69) is 46.9 Å². The molecule has 2 atom stereocenters. The number of hydrogen-bond donors (Lipinski definition) is 2. The van der Waals surface area contributed by atoms with Crippen LogP contribution < -0.4 is 15.0 Å². The zero-order chi connectivity index (χ0) is 23.8. The molecule has 7 heteroatoms. The Labute approximate surface area is 204 Å². The Bertz CT molecular complexity index is 1330. The van der Waals surface area contributed by atoms with Crippen molar-refractivity contribution in [2.45, 2.75) is 25.9 Å². The number of aromatic hydroxyl groups is 1. The first-order valence-electron chi connectivity index (χ1n) is 11.1. The Hall–Kier alpha value is -3.84. The summed E-state index contributed by atoms with van der Waals surface area (Å²) in [4.78, 5) is 6.63. The predicted molar refractivity (Wildman–Crippen MR) is 138 cm³/mol. The molecule has 1 saturated heterocycles. The van der Waals surface area contributed by atoms with Crippen LogP contribution in [0, 0.1) is 13.8 Å². The van der Waals surface area contributed by atoms with Crippen molar-refractivity contribution in [2.24, 2.45) is 0 Å². The van der Waals surface area contributed by atoms with Crippen molar-refractivity contribution in [3.63, 3.8) is 0 Å². The fraction of sp³-hybridized carbons (Fsp3) is 0.185. The fourth-order valence-electron chi connectivity index (χ4n) is 4.81. The molecule has 172 valence electrons. The highest BCUT2D eigenvalue weighted by Crippen LogP contribution is 2.45. The summed E-state index contributed by atoms with van der Waals surface area (Å²) in [6, 6.07) is 23.0. The van der Waals surface area contributed by atoms with Gasteiger partial charge in [0.1, 0.15) is 11.5 Å². The molecule has 0 aliphatic carbocycles. The second-order valence-corrected chi connectivity index (χ2v) is 8.73. The first kappa shape index (κ1) is 22.0. The smallest absolute Gasteiger partial charge is 0.174 e. The van der Waals surface area contributed by atoms with Gasteiger partial charge in [0.05, 0.1) is 30.6 Å². The van der Waals surface area contributed by atoms with Crippen LogP contribution in [0.4, 0.5) is 5.69 Å². The lowest BCUT2D eigenvalue weighted by Crippen LogP contribution is -2.29. The number of pyridine rings is 1. The van der Waals surface area contributed by atoms with E-state index in [4.69, 9.17) is 17.0 Å². The molecule has 4 aromatic rings. The molecule has 0 saturated carbocycles. The van der Waals surface area contributed by atoms with Gasteiger partial charge in [-0.2, -0.15) is 0 Å². The normalized spacial score (nSPS) is 17.6. The Morgan fingerprint density at radius 1 is 1.00 bits per heavy atom. The topological polar surface area (TPSA) is 62.5 Å². The summed E-state index contributed by atoms with van der Waals surface area (Å²) in [6.45, 7) is 4.22. The van der Waals surface area contributed by atoms with Gasteiger partial charge in [0, 0.05) is 23.3 Å². The molecule has 1 fully saturated rings. The maximum Gasteiger partial charge on any atom is 0.174 e. The van der Waals surface area contributed by atoms with E-state index in [0.717, 1.165) is 34.1 Å². The molecule has 2 N–H and O–H groups in total. The third-order valence-electron chi connectivity index (χ3n) is 6.36. The van der Waals surface area contributed by atoms with Crippen molar-refractivity contribution in [3.05, 3.63) is 102 Å². The molecule has 5 rings (SSSR count). The van der Waals surface area contributed by atoms with E-state index in [1.54, 1.807) is 19.4 Å². The molecule has 3 heterocycles. The van der Waals surface area contributed by atoms with Crippen LogP contribution >= 0.6 is 12.2 Å². The highest BCUT2D eigenvalue weighted by molar-refractivity contribution is 7.80. The number of anilines is 1. The number of thiocarbonyl (C=S) groups is 1.